The van der Waals surface area contributed by atoms with Crippen LogP contribution in [0.25, 0.3) is 11.3 Å². The SMILES string of the molecule is COC(=O)C1(c2ccc(Nc3nc(-c4ccc(F)cc4)cc(N(C)C4CC4)n3)cc2)CCCC1. The van der Waals surface area contributed by atoms with E-state index >= 15 is 0 Å². The molecular weight excluding hydrogens is 431 g/mol. The summed E-state index contributed by atoms with van der Waals surface area (Å²) in [6, 6.07) is 16.7. The van der Waals surface area contributed by atoms with E-state index in [1.165, 1.54) is 19.2 Å². The molecule has 5 rings (SSSR count). The van der Waals surface area contributed by atoms with Gasteiger partial charge in [0.15, 0.2) is 0 Å². The van der Waals surface area contributed by atoms with Gasteiger partial charge in [-0.15, -0.1) is 0 Å². The van der Waals surface area contributed by atoms with Gasteiger partial charge in [0.1, 0.15) is 11.6 Å². The van der Waals surface area contributed by atoms with Crippen LogP contribution in [0, 0.1) is 5.82 Å². The van der Waals surface area contributed by atoms with Crippen molar-refractivity contribution in [1.82, 2.24) is 9.97 Å². The van der Waals surface area contributed by atoms with E-state index in [0.29, 0.717) is 12.0 Å². The summed E-state index contributed by atoms with van der Waals surface area (Å²) in [6.45, 7) is 0. The summed E-state index contributed by atoms with van der Waals surface area (Å²) in [7, 11) is 3.50. The molecule has 0 unspecified atom stereocenters. The normalized spacial score (nSPS) is 16.8. The zero-order chi connectivity index (χ0) is 23.7. The molecule has 0 atom stereocenters. The molecule has 2 aliphatic carbocycles. The standard InChI is InChI=1S/C27H29FN4O2/c1-32(22-13-14-22)24-17-23(18-5-9-20(28)10-6-18)30-26(31-24)29-21-11-7-19(8-12-21)27(25(33)34-2)15-3-4-16-27/h5-12,17,22H,3-4,13-16H2,1-2H3,(H,29,30,31). The van der Waals surface area contributed by atoms with Crippen molar-refractivity contribution in [3.63, 3.8) is 0 Å². The lowest BCUT2D eigenvalue weighted by molar-refractivity contribution is -0.147. The van der Waals surface area contributed by atoms with Crippen LogP contribution in [0.5, 0.6) is 0 Å². The predicted octanol–water partition coefficient (Wildman–Crippen LogP) is 5.61. The van der Waals surface area contributed by atoms with Crippen molar-refractivity contribution in [2.45, 2.75) is 50.0 Å². The van der Waals surface area contributed by atoms with Gasteiger partial charge in [0, 0.05) is 30.4 Å². The quantitative estimate of drug-likeness (QED) is 0.462. The number of carbonyl (C=O) groups excluding carboxylic acids is 1. The van der Waals surface area contributed by atoms with Gasteiger partial charge in [-0.25, -0.2) is 9.37 Å². The second-order valence-corrected chi connectivity index (χ2v) is 9.27. The summed E-state index contributed by atoms with van der Waals surface area (Å²) in [5, 5.41) is 3.31. The number of halogens is 1. The maximum absolute atomic E-state index is 13.5. The molecule has 0 spiro atoms. The molecule has 1 N–H and O–H groups in total. The van der Waals surface area contributed by atoms with Crippen molar-refractivity contribution in [3.05, 3.63) is 66.0 Å². The van der Waals surface area contributed by atoms with E-state index in [0.717, 1.165) is 66.9 Å². The molecule has 0 bridgehead atoms. The van der Waals surface area contributed by atoms with E-state index in [4.69, 9.17) is 14.7 Å². The summed E-state index contributed by atoms with van der Waals surface area (Å²) in [5.41, 5.74) is 2.82. The number of hydrogen-bond acceptors (Lipinski definition) is 6. The third-order valence-corrected chi connectivity index (χ3v) is 7.04. The van der Waals surface area contributed by atoms with Gasteiger partial charge in [-0.3, -0.25) is 4.79 Å². The van der Waals surface area contributed by atoms with Crippen LogP contribution in [-0.2, 0) is 14.9 Å². The monoisotopic (exact) mass is 460 g/mol. The second-order valence-electron chi connectivity index (χ2n) is 9.27. The van der Waals surface area contributed by atoms with Crippen LogP contribution in [0.15, 0.2) is 54.6 Å². The molecule has 0 aliphatic heterocycles. The lowest BCUT2D eigenvalue weighted by atomic mass is 9.79. The van der Waals surface area contributed by atoms with Gasteiger partial charge in [-0.2, -0.15) is 4.98 Å². The summed E-state index contributed by atoms with van der Waals surface area (Å²) >= 11 is 0. The Morgan fingerprint density at radius 3 is 2.35 bits per heavy atom. The van der Waals surface area contributed by atoms with E-state index in [9.17, 15) is 9.18 Å². The fraction of sp³-hybridized carbons (Fsp3) is 0.370. The molecule has 176 valence electrons. The smallest absolute Gasteiger partial charge is 0.316 e. The molecule has 1 heterocycles. The van der Waals surface area contributed by atoms with Crippen molar-refractivity contribution in [3.8, 4) is 11.3 Å². The summed E-state index contributed by atoms with van der Waals surface area (Å²) in [4.78, 5) is 24.2. The van der Waals surface area contributed by atoms with Crippen molar-refractivity contribution < 1.29 is 13.9 Å². The number of carbonyl (C=O) groups is 1. The third kappa shape index (κ3) is 4.34. The highest BCUT2D eigenvalue weighted by Crippen LogP contribution is 2.42. The van der Waals surface area contributed by atoms with Gasteiger partial charge in [-0.05, 0) is 67.6 Å². The third-order valence-electron chi connectivity index (χ3n) is 7.04. The number of esters is 1. The highest BCUT2D eigenvalue weighted by Gasteiger charge is 2.43. The summed E-state index contributed by atoms with van der Waals surface area (Å²) in [5.74, 6) is 0.861. The first-order valence-corrected chi connectivity index (χ1v) is 11.8. The van der Waals surface area contributed by atoms with Crippen LogP contribution in [0.4, 0.5) is 21.8 Å². The molecule has 2 fully saturated rings. The van der Waals surface area contributed by atoms with E-state index in [-0.39, 0.29) is 11.8 Å². The van der Waals surface area contributed by atoms with Gasteiger partial charge in [0.05, 0.1) is 18.2 Å². The minimum Gasteiger partial charge on any atom is -0.468 e. The molecule has 0 amide bonds. The van der Waals surface area contributed by atoms with Crippen molar-refractivity contribution in [1.29, 1.82) is 0 Å². The van der Waals surface area contributed by atoms with Gasteiger partial charge in [0.25, 0.3) is 0 Å². The Balaban J connectivity index is 1.44. The van der Waals surface area contributed by atoms with Gasteiger partial charge < -0.3 is 15.0 Å². The lowest BCUT2D eigenvalue weighted by Crippen LogP contribution is -2.33. The van der Waals surface area contributed by atoms with E-state index < -0.39 is 5.41 Å². The Labute approximate surface area is 199 Å². The molecule has 2 aliphatic rings. The Morgan fingerprint density at radius 2 is 1.74 bits per heavy atom. The summed E-state index contributed by atoms with van der Waals surface area (Å²) in [6.07, 6.45) is 5.97. The fourth-order valence-corrected chi connectivity index (χ4v) is 4.87. The largest absolute Gasteiger partial charge is 0.468 e. The maximum atomic E-state index is 13.5. The van der Waals surface area contributed by atoms with Crippen molar-refractivity contribution in [2.75, 3.05) is 24.4 Å². The average molecular weight is 461 g/mol. The minimum atomic E-state index is -0.549. The van der Waals surface area contributed by atoms with E-state index in [1.54, 1.807) is 12.1 Å². The highest BCUT2D eigenvalue weighted by atomic mass is 19.1. The Hall–Kier alpha value is -3.48. The number of nitrogens with zero attached hydrogens (tertiary/aromatic N) is 3. The van der Waals surface area contributed by atoms with Crippen LogP contribution < -0.4 is 10.2 Å². The first-order valence-electron chi connectivity index (χ1n) is 11.8. The predicted molar refractivity (Wildman–Crippen MR) is 131 cm³/mol. The van der Waals surface area contributed by atoms with Crippen LogP contribution in [0.1, 0.15) is 44.1 Å². The number of ether oxygens (including phenoxy) is 1. The van der Waals surface area contributed by atoms with E-state index in [1.807, 2.05) is 37.4 Å². The van der Waals surface area contributed by atoms with Gasteiger partial charge in [0.2, 0.25) is 5.95 Å². The van der Waals surface area contributed by atoms with Crippen LogP contribution >= 0.6 is 0 Å². The number of anilines is 3. The number of hydrogen-bond donors (Lipinski definition) is 1. The topological polar surface area (TPSA) is 67.3 Å². The van der Waals surface area contributed by atoms with E-state index in [2.05, 4.69) is 10.2 Å². The number of methoxy groups -OCH3 is 1. The Kier molecular flexibility index (Phi) is 5.94. The molecular formula is C27H29FN4O2. The zero-order valence-electron chi connectivity index (χ0n) is 19.6. The number of rotatable bonds is 7. The molecule has 6 nitrogen and oxygen atoms in total. The Bertz CT molecular complexity index is 1170. The first-order chi connectivity index (χ1) is 16.5. The fourth-order valence-electron chi connectivity index (χ4n) is 4.87. The molecule has 7 heteroatoms. The average Bonchev–Trinajstić information content (AvgIpc) is 3.60. The number of aromatic nitrogens is 2. The number of nitrogens with one attached hydrogen (secondary N) is 1. The van der Waals surface area contributed by atoms with Crippen molar-refractivity contribution in [2.24, 2.45) is 0 Å². The van der Waals surface area contributed by atoms with Gasteiger partial charge in [-0.1, -0.05) is 25.0 Å². The number of benzene rings is 2. The molecule has 0 saturated heterocycles. The van der Waals surface area contributed by atoms with Gasteiger partial charge >= 0.3 is 5.97 Å². The molecule has 3 aromatic rings. The van der Waals surface area contributed by atoms with Crippen LogP contribution in [-0.4, -0.2) is 36.1 Å². The Morgan fingerprint density at radius 1 is 1.06 bits per heavy atom. The second kappa shape index (κ2) is 9.05. The zero-order valence-corrected chi connectivity index (χ0v) is 19.6. The molecule has 2 aromatic carbocycles. The summed E-state index contributed by atoms with van der Waals surface area (Å²) < 4.78 is 18.6. The lowest BCUT2D eigenvalue weighted by Gasteiger charge is -2.26. The molecule has 2 saturated carbocycles. The van der Waals surface area contributed by atoms with Crippen LogP contribution in [0.2, 0.25) is 0 Å². The van der Waals surface area contributed by atoms with Crippen LogP contribution in [0.3, 0.4) is 0 Å². The molecule has 34 heavy (non-hydrogen) atoms. The highest BCUT2D eigenvalue weighted by molar-refractivity contribution is 5.83. The minimum absolute atomic E-state index is 0.159. The first kappa shape index (κ1) is 22.3. The van der Waals surface area contributed by atoms with Crippen molar-refractivity contribution >= 4 is 23.4 Å². The molecule has 0 radical (unpaired) electrons. The molecule has 1 aromatic heterocycles. The maximum Gasteiger partial charge on any atom is 0.316 e.